The Bertz CT molecular complexity index is 836. The Kier molecular flexibility index (Phi) is 5.55. The van der Waals surface area contributed by atoms with Crippen LogP contribution in [0.3, 0.4) is 0 Å². The highest BCUT2D eigenvalue weighted by Crippen LogP contribution is 2.18. The summed E-state index contributed by atoms with van der Waals surface area (Å²) in [7, 11) is -3.25. The van der Waals surface area contributed by atoms with E-state index in [0.717, 1.165) is 11.3 Å². The first-order valence-electron chi connectivity index (χ1n) is 8.13. The fraction of sp³-hybridized carbons (Fsp3) is 0.375. The summed E-state index contributed by atoms with van der Waals surface area (Å²) < 4.78 is 30.0. The Morgan fingerprint density at radius 1 is 1.35 bits per heavy atom. The van der Waals surface area contributed by atoms with Crippen molar-refractivity contribution < 1.29 is 17.9 Å². The van der Waals surface area contributed by atoms with E-state index in [0.29, 0.717) is 18.8 Å². The van der Waals surface area contributed by atoms with Gasteiger partial charge in [-0.1, -0.05) is 12.1 Å². The molecule has 9 nitrogen and oxygen atoms in total. The van der Waals surface area contributed by atoms with Gasteiger partial charge in [0.15, 0.2) is 0 Å². The van der Waals surface area contributed by atoms with Gasteiger partial charge in [0.05, 0.1) is 24.7 Å². The number of anilines is 1. The fourth-order valence-corrected chi connectivity index (χ4v) is 3.49. The first kappa shape index (κ1) is 18.4. The summed E-state index contributed by atoms with van der Waals surface area (Å²) in [6, 6.07) is 8.81. The number of morpholine rings is 1. The van der Waals surface area contributed by atoms with E-state index in [-0.39, 0.29) is 25.2 Å². The molecule has 140 valence electrons. The second kappa shape index (κ2) is 7.85. The zero-order valence-corrected chi connectivity index (χ0v) is 15.1. The summed E-state index contributed by atoms with van der Waals surface area (Å²) in [5.41, 5.74) is 2.50. The highest BCUT2D eigenvalue weighted by molar-refractivity contribution is 7.88. The summed E-state index contributed by atoms with van der Waals surface area (Å²) >= 11 is 0. The van der Waals surface area contributed by atoms with E-state index in [1.807, 2.05) is 18.2 Å². The normalized spacial score (nSPS) is 18.4. The van der Waals surface area contributed by atoms with E-state index in [1.54, 1.807) is 18.3 Å². The van der Waals surface area contributed by atoms with Crippen LogP contribution in [0.15, 0.2) is 36.5 Å². The van der Waals surface area contributed by atoms with Gasteiger partial charge in [-0.05, 0) is 23.8 Å². The molecule has 0 saturated carbocycles. The van der Waals surface area contributed by atoms with Gasteiger partial charge in [0.1, 0.15) is 0 Å². The molecular weight excluding hydrogens is 358 g/mol. The lowest BCUT2D eigenvalue weighted by atomic mass is 10.1. The quantitative estimate of drug-likeness (QED) is 0.712. The average Bonchev–Trinajstić information content (AvgIpc) is 3.15. The van der Waals surface area contributed by atoms with Crippen molar-refractivity contribution in [2.45, 2.75) is 6.10 Å². The van der Waals surface area contributed by atoms with E-state index in [4.69, 9.17) is 4.74 Å². The van der Waals surface area contributed by atoms with Crippen molar-refractivity contribution in [1.82, 2.24) is 19.8 Å². The SMILES string of the molecule is CS(=O)(=O)N1CCO[C@@H](CNC(=O)Nc2ccc(-c3ccn[nH]3)cc2)C1. The Balaban J connectivity index is 1.48. The number of H-pyrrole nitrogens is 1. The maximum Gasteiger partial charge on any atom is 0.319 e. The van der Waals surface area contributed by atoms with Crippen molar-refractivity contribution in [2.24, 2.45) is 0 Å². The highest BCUT2D eigenvalue weighted by atomic mass is 32.2. The number of urea groups is 1. The maximum atomic E-state index is 12.0. The molecule has 0 spiro atoms. The predicted octanol–water partition coefficient (Wildman–Crippen LogP) is 0.859. The number of nitrogens with zero attached hydrogens (tertiary/aromatic N) is 2. The lowest BCUT2D eigenvalue weighted by Gasteiger charge is -2.31. The van der Waals surface area contributed by atoms with Crippen molar-refractivity contribution in [1.29, 1.82) is 0 Å². The van der Waals surface area contributed by atoms with Gasteiger partial charge in [0, 0.05) is 31.5 Å². The average molecular weight is 379 g/mol. The Morgan fingerprint density at radius 3 is 2.77 bits per heavy atom. The number of aromatic amines is 1. The van der Waals surface area contributed by atoms with Crippen molar-refractivity contribution in [3.63, 3.8) is 0 Å². The van der Waals surface area contributed by atoms with Crippen LogP contribution in [0.2, 0.25) is 0 Å². The van der Waals surface area contributed by atoms with Crippen LogP contribution < -0.4 is 10.6 Å². The molecule has 0 bridgehead atoms. The number of hydrogen-bond acceptors (Lipinski definition) is 5. The van der Waals surface area contributed by atoms with Crippen LogP contribution in [0.4, 0.5) is 10.5 Å². The number of carbonyl (C=O) groups is 1. The monoisotopic (exact) mass is 379 g/mol. The largest absolute Gasteiger partial charge is 0.374 e. The van der Waals surface area contributed by atoms with Crippen LogP contribution in [0.5, 0.6) is 0 Å². The van der Waals surface area contributed by atoms with Crippen LogP contribution >= 0.6 is 0 Å². The minimum absolute atomic E-state index is 0.226. The van der Waals surface area contributed by atoms with Gasteiger partial charge in [-0.25, -0.2) is 13.2 Å². The summed E-state index contributed by atoms with van der Waals surface area (Å²) in [6.07, 6.45) is 2.47. The summed E-state index contributed by atoms with van der Waals surface area (Å²) in [4.78, 5) is 12.0. The van der Waals surface area contributed by atoms with Gasteiger partial charge < -0.3 is 15.4 Å². The molecular formula is C16H21N5O4S. The Labute approximate surface area is 151 Å². The maximum absolute atomic E-state index is 12.0. The van der Waals surface area contributed by atoms with E-state index in [9.17, 15) is 13.2 Å². The number of ether oxygens (including phenoxy) is 1. The van der Waals surface area contributed by atoms with Crippen LogP contribution in [0.1, 0.15) is 0 Å². The third-order valence-electron chi connectivity index (χ3n) is 4.02. The third-order valence-corrected chi connectivity index (χ3v) is 5.29. The van der Waals surface area contributed by atoms with Crippen molar-refractivity contribution in [3.05, 3.63) is 36.5 Å². The molecule has 0 aliphatic carbocycles. The number of aromatic nitrogens is 2. The van der Waals surface area contributed by atoms with E-state index < -0.39 is 10.0 Å². The van der Waals surface area contributed by atoms with Crippen LogP contribution in [-0.4, -0.2) is 67.6 Å². The summed E-state index contributed by atoms with van der Waals surface area (Å²) in [5.74, 6) is 0. The van der Waals surface area contributed by atoms with E-state index in [1.165, 1.54) is 10.6 Å². The molecule has 10 heteroatoms. The van der Waals surface area contributed by atoms with Crippen molar-refractivity contribution in [3.8, 4) is 11.3 Å². The first-order valence-corrected chi connectivity index (χ1v) is 9.98. The number of hydrogen-bond donors (Lipinski definition) is 3. The number of carbonyl (C=O) groups excluding carboxylic acids is 1. The molecule has 2 amide bonds. The topological polar surface area (TPSA) is 116 Å². The third kappa shape index (κ3) is 4.81. The first-order chi connectivity index (χ1) is 12.4. The van der Waals surface area contributed by atoms with Gasteiger partial charge in [0.2, 0.25) is 10.0 Å². The molecule has 1 aromatic heterocycles. The lowest BCUT2D eigenvalue weighted by Crippen LogP contribution is -2.49. The smallest absolute Gasteiger partial charge is 0.319 e. The second-order valence-electron chi connectivity index (χ2n) is 6.00. The fourth-order valence-electron chi connectivity index (χ4n) is 2.65. The summed E-state index contributed by atoms with van der Waals surface area (Å²) in [5, 5.41) is 12.2. The summed E-state index contributed by atoms with van der Waals surface area (Å²) in [6.45, 7) is 1.11. The minimum Gasteiger partial charge on any atom is -0.374 e. The second-order valence-corrected chi connectivity index (χ2v) is 7.98. The number of benzene rings is 1. The lowest BCUT2D eigenvalue weighted by molar-refractivity contribution is 0.00167. The van der Waals surface area contributed by atoms with Crippen LogP contribution in [0, 0.1) is 0 Å². The van der Waals surface area contributed by atoms with Crippen LogP contribution in [-0.2, 0) is 14.8 Å². The molecule has 1 aliphatic heterocycles. The predicted molar refractivity (Wildman–Crippen MR) is 97.2 cm³/mol. The molecule has 1 atom stereocenters. The zero-order chi connectivity index (χ0) is 18.6. The molecule has 1 fully saturated rings. The number of nitrogens with one attached hydrogen (secondary N) is 3. The standard InChI is InChI=1S/C16H21N5O4S/c1-26(23,24)21-8-9-25-14(11-21)10-17-16(22)19-13-4-2-12(3-5-13)15-6-7-18-20-15/h2-7,14H,8-11H2,1H3,(H,18,20)(H2,17,19,22)/t14-/m0/s1. The number of rotatable bonds is 5. The Hall–Kier alpha value is -2.43. The van der Waals surface area contributed by atoms with Gasteiger partial charge in [0.25, 0.3) is 0 Å². The molecule has 1 aromatic carbocycles. The van der Waals surface area contributed by atoms with Gasteiger partial charge in [-0.15, -0.1) is 0 Å². The molecule has 3 rings (SSSR count). The minimum atomic E-state index is -3.25. The number of sulfonamides is 1. The van der Waals surface area contributed by atoms with Crippen molar-refractivity contribution >= 4 is 21.7 Å². The molecule has 0 radical (unpaired) electrons. The van der Waals surface area contributed by atoms with E-state index in [2.05, 4.69) is 20.8 Å². The molecule has 2 aromatic rings. The van der Waals surface area contributed by atoms with Gasteiger partial charge >= 0.3 is 6.03 Å². The van der Waals surface area contributed by atoms with E-state index >= 15 is 0 Å². The molecule has 2 heterocycles. The van der Waals surface area contributed by atoms with Gasteiger partial charge in [-0.2, -0.15) is 9.40 Å². The van der Waals surface area contributed by atoms with Crippen LogP contribution in [0.25, 0.3) is 11.3 Å². The zero-order valence-electron chi connectivity index (χ0n) is 14.3. The molecule has 26 heavy (non-hydrogen) atoms. The highest BCUT2D eigenvalue weighted by Gasteiger charge is 2.26. The Morgan fingerprint density at radius 2 is 2.12 bits per heavy atom. The van der Waals surface area contributed by atoms with Crippen molar-refractivity contribution in [2.75, 3.05) is 37.8 Å². The molecule has 3 N–H and O–H groups in total. The number of amides is 2. The molecule has 1 saturated heterocycles. The molecule has 0 unspecified atom stereocenters. The van der Waals surface area contributed by atoms with Gasteiger partial charge in [-0.3, -0.25) is 5.10 Å². The molecule has 1 aliphatic rings.